The topological polar surface area (TPSA) is 35.6 Å². The van der Waals surface area contributed by atoms with Crippen LogP contribution in [0.5, 0.6) is 0 Å². The third-order valence-electron chi connectivity index (χ3n) is 4.03. The van der Waals surface area contributed by atoms with Crippen molar-refractivity contribution in [2.24, 2.45) is 0 Å². The lowest BCUT2D eigenvalue weighted by Crippen LogP contribution is -2.61. The molecule has 1 amide bonds. The number of amides is 1. The normalized spacial score (nSPS) is 30.1. The van der Waals surface area contributed by atoms with Crippen LogP contribution >= 0.6 is 0 Å². The largest absolute Gasteiger partial charge is 0.336 e. The Labute approximate surface area is 104 Å². The first-order valence-corrected chi connectivity index (χ1v) is 6.96. The number of nitrogens with one attached hydrogen (secondary N) is 1. The molecule has 0 aromatic rings. The summed E-state index contributed by atoms with van der Waals surface area (Å²) in [5.74, 6) is 0.268. The summed E-state index contributed by atoms with van der Waals surface area (Å²) in [7, 11) is 0. The number of piperazine rings is 1. The zero-order chi connectivity index (χ0) is 12.3. The van der Waals surface area contributed by atoms with Crippen molar-refractivity contribution in [2.45, 2.75) is 45.2 Å². The molecule has 0 spiro atoms. The van der Waals surface area contributed by atoms with Gasteiger partial charge in [-0.2, -0.15) is 0 Å². The summed E-state index contributed by atoms with van der Waals surface area (Å²) in [6.07, 6.45) is 3.91. The van der Waals surface area contributed by atoms with Crippen LogP contribution < -0.4 is 5.32 Å². The van der Waals surface area contributed by atoms with Crippen LogP contribution in [0.1, 0.15) is 33.1 Å². The van der Waals surface area contributed by atoms with Crippen LogP contribution in [0.15, 0.2) is 0 Å². The summed E-state index contributed by atoms with van der Waals surface area (Å²) < 4.78 is 0. The lowest BCUT2D eigenvalue weighted by atomic mass is 9.97. The quantitative estimate of drug-likeness (QED) is 0.787. The fraction of sp³-hybridized carbons (Fsp3) is 0.923. The van der Waals surface area contributed by atoms with E-state index in [1.807, 2.05) is 6.92 Å². The van der Waals surface area contributed by atoms with Gasteiger partial charge in [-0.15, -0.1) is 0 Å². The van der Waals surface area contributed by atoms with Crippen LogP contribution in [-0.4, -0.2) is 60.5 Å². The van der Waals surface area contributed by atoms with Crippen LogP contribution in [-0.2, 0) is 4.79 Å². The molecule has 2 fully saturated rings. The average Bonchev–Trinajstić information content (AvgIpc) is 2.35. The third kappa shape index (κ3) is 2.99. The van der Waals surface area contributed by atoms with E-state index in [0.717, 1.165) is 19.6 Å². The monoisotopic (exact) mass is 239 g/mol. The number of rotatable bonds is 3. The van der Waals surface area contributed by atoms with E-state index in [0.29, 0.717) is 18.6 Å². The van der Waals surface area contributed by atoms with Gasteiger partial charge in [-0.05, 0) is 32.9 Å². The number of carbonyl (C=O) groups is 1. The average molecular weight is 239 g/mol. The molecule has 2 heterocycles. The van der Waals surface area contributed by atoms with Gasteiger partial charge in [0.25, 0.3) is 0 Å². The summed E-state index contributed by atoms with van der Waals surface area (Å²) in [5, 5.41) is 3.13. The Morgan fingerprint density at radius 1 is 1.35 bits per heavy atom. The zero-order valence-electron chi connectivity index (χ0n) is 11.1. The molecule has 0 radical (unpaired) electrons. The van der Waals surface area contributed by atoms with Gasteiger partial charge < -0.3 is 10.2 Å². The first-order valence-electron chi connectivity index (χ1n) is 6.96. The van der Waals surface area contributed by atoms with Crippen molar-refractivity contribution in [2.75, 3.05) is 32.7 Å². The first-order chi connectivity index (χ1) is 8.22. The third-order valence-corrected chi connectivity index (χ3v) is 4.03. The first kappa shape index (κ1) is 12.8. The Morgan fingerprint density at radius 2 is 2.18 bits per heavy atom. The maximum atomic E-state index is 12.1. The van der Waals surface area contributed by atoms with E-state index in [1.165, 1.54) is 25.8 Å². The molecule has 98 valence electrons. The molecule has 2 atom stereocenters. The van der Waals surface area contributed by atoms with E-state index in [2.05, 4.69) is 22.0 Å². The van der Waals surface area contributed by atoms with Crippen molar-refractivity contribution in [3.8, 4) is 0 Å². The molecule has 1 N–H and O–H groups in total. The van der Waals surface area contributed by atoms with Crippen molar-refractivity contribution in [1.29, 1.82) is 0 Å². The molecule has 0 bridgehead atoms. The summed E-state index contributed by atoms with van der Waals surface area (Å²) >= 11 is 0. The van der Waals surface area contributed by atoms with Gasteiger partial charge in [0.1, 0.15) is 0 Å². The molecule has 0 aromatic carbocycles. The van der Waals surface area contributed by atoms with Crippen LogP contribution in [0, 0.1) is 0 Å². The number of hydrogen-bond donors (Lipinski definition) is 1. The molecule has 4 nitrogen and oxygen atoms in total. The van der Waals surface area contributed by atoms with Gasteiger partial charge >= 0.3 is 0 Å². The van der Waals surface area contributed by atoms with Crippen molar-refractivity contribution >= 4 is 5.91 Å². The van der Waals surface area contributed by atoms with Gasteiger partial charge in [0.05, 0.1) is 6.54 Å². The molecule has 0 aromatic heterocycles. The Bertz CT molecular complexity index is 269. The summed E-state index contributed by atoms with van der Waals surface area (Å²) in [4.78, 5) is 16.7. The van der Waals surface area contributed by atoms with E-state index in [9.17, 15) is 4.79 Å². The minimum absolute atomic E-state index is 0.268. The van der Waals surface area contributed by atoms with Gasteiger partial charge in [0, 0.05) is 25.2 Å². The van der Waals surface area contributed by atoms with E-state index < -0.39 is 0 Å². The van der Waals surface area contributed by atoms with Gasteiger partial charge in [-0.1, -0.05) is 13.3 Å². The van der Waals surface area contributed by atoms with Crippen molar-refractivity contribution < 1.29 is 4.79 Å². The molecule has 2 aliphatic rings. The summed E-state index contributed by atoms with van der Waals surface area (Å²) in [6.45, 7) is 8.79. The fourth-order valence-electron chi connectivity index (χ4n) is 3.03. The fourth-order valence-corrected chi connectivity index (χ4v) is 3.03. The smallest absolute Gasteiger partial charge is 0.236 e. The molecule has 0 aliphatic carbocycles. The predicted molar refractivity (Wildman–Crippen MR) is 68.9 cm³/mol. The molecular formula is C13H25N3O. The molecule has 4 heteroatoms. The highest BCUT2D eigenvalue weighted by Crippen LogP contribution is 2.23. The number of fused-ring (bicyclic) bond motifs is 1. The number of nitrogens with zero attached hydrogens (tertiary/aromatic N) is 2. The minimum Gasteiger partial charge on any atom is -0.336 e. The molecule has 2 aliphatic heterocycles. The Balaban J connectivity index is 1.92. The van der Waals surface area contributed by atoms with Crippen molar-refractivity contribution in [3.63, 3.8) is 0 Å². The second-order valence-electron chi connectivity index (χ2n) is 5.32. The van der Waals surface area contributed by atoms with E-state index in [-0.39, 0.29) is 5.91 Å². The molecule has 2 unspecified atom stereocenters. The standard InChI is InChI=1S/C13H25N3O/c1-3-14-8-13(17)16-10-12-6-4-5-7-15(12)9-11(16)2/h11-12,14H,3-10H2,1-2H3. The second kappa shape index (κ2) is 5.83. The highest BCUT2D eigenvalue weighted by Gasteiger charge is 2.34. The van der Waals surface area contributed by atoms with Crippen LogP contribution in [0.2, 0.25) is 0 Å². The van der Waals surface area contributed by atoms with Crippen LogP contribution in [0.3, 0.4) is 0 Å². The van der Waals surface area contributed by atoms with Crippen molar-refractivity contribution in [3.05, 3.63) is 0 Å². The number of hydrogen-bond acceptors (Lipinski definition) is 3. The van der Waals surface area contributed by atoms with Crippen LogP contribution in [0.4, 0.5) is 0 Å². The van der Waals surface area contributed by atoms with Gasteiger partial charge in [0.15, 0.2) is 0 Å². The van der Waals surface area contributed by atoms with Crippen molar-refractivity contribution in [1.82, 2.24) is 15.1 Å². The lowest BCUT2D eigenvalue weighted by molar-refractivity contribution is -0.137. The maximum absolute atomic E-state index is 12.1. The molecular weight excluding hydrogens is 214 g/mol. The predicted octanol–water partition coefficient (Wildman–Crippen LogP) is 0.681. The number of likely N-dealkylation sites (N-methyl/N-ethyl adjacent to an activating group) is 1. The molecule has 0 saturated carbocycles. The maximum Gasteiger partial charge on any atom is 0.236 e. The lowest BCUT2D eigenvalue weighted by Gasteiger charge is -2.47. The van der Waals surface area contributed by atoms with Crippen LogP contribution in [0.25, 0.3) is 0 Å². The van der Waals surface area contributed by atoms with E-state index >= 15 is 0 Å². The SMILES string of the molecule is CCNCC(=O)N1CC2CCCCN2CC1C. The zero-order valence-corrected chi connectivity index (χ0v) is 11.1. The van der Waals surface area contributed by atoms with Gasteiger partial charge in [-0.25, -0.2) is 0 Å². The molecule has 2 rings (SSSR count). The summed E-state index contributed by atoms with van der Waals surface area (Å²) in [5.41, 5.74) is 0. The number of carbonyl (C=O) groups excluding carboxylic acids is 1. The Kier molecular flexibility index (Phi) is 4.40. The van der Waals surface area contributed by atoms with E-state index in [1.54, 1.807) is 0 Å². The van der Waals surface area contributed by atoms with Gasteiger partial charge in [0.2, 0.25) is 5.91 Å². The molecule has 2 saturated heterocycles. The Hall–Kier alpha value is -0.610. The number of piperidine rings is 1. The second-order valence-corrected chi connectivity index (χ2v) is 5.32. The summed E-state index contributed by atoms with van der Waals surface area (Å²) in [6, 6.07) is 0.987. The highest BCUT2D eigenvalue weighted by molar-refractivity contribution is 5.78. The van der Waals surface area contributed by atoms with Gasteiger partial charge in [-0.3, -0.25) is 9.69 Å². The minimum atomic E-state index is 0.268. The van der Waals surface area contributed by atoms with E-state index in [4.69, 9.17) is 0 Å². The molecule has 17 heavy (non-hydrogen) atoms. The Morgan fingerprint density at radius 3 is 2.94 bits per heavy atom. The highest BCUT2D eigenvalue weighted by atomic mass is 16.2.